The van der Waals surface area contributed by atoms with Crippen LogP contribution in [0.3, 0.4) is 0 Å². The summed E-state index contributed by atoms with van der Waals surface area (Å²) < 4.78 is 53.9. The molecule has 0 saturated carbocycles. The van der Waals surface area contributed by atoms with Crippen LogP contribution in [-0.2, 0) is 10.0 Å². The summed E-state index contributed by atoms with van der Waals surface area (Å²) in [6, 6.07) is 11.6. The van der Waals surface area contributed by atoms with Crippen molar-refractivity contribution in [1.29, 1.82) is 0 Å². The van der Waals surface area contributed by atoms with E-state index in [4.69, 9.17) is 0 Å². The summed E-state index contributed by atoms with van der Waals surface area (Å²) in [7, 11) is -4.21. The summed E-state index contributed by atoms with van der Waals surface area (Å²) in [6.45, 7) is 0.188. The van der Waals surface area contributed by atoms with E-state index in [9.17, 15) is 22.0 Å². The third-order valence-corrected chi connectivity index (χ3v) is 6.88. The van der Waals surface area contributed by atoms with E-state index in [1.807, 2.05) is 30.3 Å². The van der Waals surface area contributed by atoms with Crippen molar-refractivity contribution >= 4 is 15.9 Å². The number of piperazine rings is 1. The second-order valence-corrected chi connectivity index (χ2v) is 8.70. The van der Waals surface area contributed by atoms with Gasteiger partial charge in [-0.25, -0.2) is 17.2 Å². The lowest BCUT2D eigenvalue weighted by Crippen LogP contribution is -2.50. The van der Waals surface area contributed by atoms with Gasteiger partial charge in [-0.1, -0.05) is 30.3 Å². The Kier molecular flexibility index (Phi) is 5.35. The zero-order valence-corrected chi connectivity index (χ0v) is 16.6. The summed E-state index contributed by atoms with van der Waals surface area (Å²) in [5.41, 5.74) is 1.77. The number of nitrogens with zero attached hydrogens (tertiary/aromatic N) is 3. The highest BCUT2D eigenvalue weighted by atomic mass is 32.2. The number of aromatic amines is 1. The lowest BCUT2D eigenvalue weighted by molar-refractivity contribution is 0.0698. The van der Waals surface area contributed by atoms with Crippen LogP contribution >= 0.6 is 0 Å². The van der Waals surface area contributed by atoms with Crippen LogP contribution in [0.1, 0.15) is 10.4 Å². The van der Waals surface area contributed by atoms with E-state index in [2.05, 4.69) is 10.2 Å². The van der Waals surface area contributed by atoms with Crippen molar-refractivity contribution < 1.29 is 22.0 Å². The van der Waals surface area contributed by atoms with Gasteiger partial charge in [0.05, 0.1) is 17.5 Å². The van der Waals surface area contributed by atoms with Gasteiger partial charge in [-0.3, -0.25) is 9.89 Å². The number of carbonyl (C=O) groups is 1. The Labute approximate surface area is 172 Å². The second-order valence-electron chi connectivity index (χ2n) is 6.80. The third-order valence-electron chi connectivity index (χ3n) is 4.97. The average Bonchev–Trinajstić information content (AvgIpc) is 3.25. The molecule has 1 N–H and O–H groups in total. The minimum atomic E-state index is -4.21. The van der Waals surface area contributed by atoms with Crippen LogP contribution in [0.5, 0.6) is 0 Å². The molecule has 0 unspecified atom stereocenters. The third kappa shape index (κ3) is 3.71. The van der Waals surface area contributed by atoms with E-state index < -0.39 is 26.6 Å². The highest BCUT2D eigenvalue weighted by molar-refractivity contribution is 7.89. The van der Waals surface area contributed by atoms with Crippen LogP contribution in [0, 0.1) is 11.6 Å². The number of hydrogen-bond donors (Lipinski definition) is 1. The first kappa shape index (κ1) is 20.2. The molecule has 2 heterocycles. The SMILES string of the molecule is O=C(c1cn[nH]c1-c1ccccc1)N1CCN(S(=O)(=O)c2cc(F)ccc2F)CC1. The fourth-order valence-electron chi connectivity index (χ4n) is 3.39. The molecule has 0 bridgehead atoms. The molecule has 0 atom stereocenters. The van der Waals surface area contributed by atoms with Gasteiger partial charge in [-0.15, -0.1) is 0 Å². The van der Waals surface area contributed by atoms with E-state index in [1.165, 1.54) is 11.1 Å². The number of benzene rings is 2. The molecule has 30 heavy (non-hydrogen) atoms. The number of amides is 1. The van der Waals surface area contributed by atoms with Crippen LogP contribution in [0.15, 0.2) is 59.6 Å². The quantitative estimate of drug-likeness (QED) is 0.686. The van der Waals surface area contributed by atoms with Crippen molar-refractivity contribution in [2.24, 2.45) is 0 Å². The van der Waals surface area contributed by atoms with Gasteiger partial charge in [0.15, 0.2) is 0 Å². The van der Waals surface area contributed by atoms with Gasteiger partial charge in [-0.05, 0) is 18.2 Å². The van der Waals surface area contributed by atoms with Crippen LogP contribution in [0.4, 0.5) is 8.78 Å². The Bertz CT molecular complexity index is 1170. The molecule has 0 aliphatic carbocycles. The van der Waals surface area contributed by atoms with E-state index in [-0.39, 0.29) is 32.1 Å². The Morgan fingerprint density at radius 3 is 2.40 bits per heavy atom. The lowest BCUT2D eigenvalue weighted by atomic mass is 10.1. The number of sulfonamides is 1. The number of rotatable bonds is 4. The molecule has 4 rings (SSSR count). The predicted molar refractivity (Wildman–Crippen MR) is 105 cm³/mol. The molecule has 3 aromatic rings. The first-order valence-electron chi connectivity index (χ1n) is 9.21. The molecule has 0 radical (unpaired) electrons. The van der Waals surface area contributed by atoms with Gasteiger partial charge < -0.3 is 4.90 Å². The van der Waals surface area contributed by atoms with Gasteiger partial charge in [0.25, 0.3) is 5.91 Å². The van der Waals surface area contributed by atoms with Gasteiger partial charge in [0.1, 0.15) is 16.5 Å². The minimum Gasteiger partial charge on any atom is -0.336 e. The van der Waals surface area contributed by atoms with Crippen molar-refractivity contribution in [3.63, 3.8) is 0 Å². The molecule has 1 saturated heterocycles. The molecule has 7 nitrogen and oxygen atoms in total. The highest BCUT2D eigenvalue weighted by Crippen LogP contribution is 2.24. The first-order valence-corrected chi connectivity index (χ1v) is 10.6. The van der Waals surface area contributed by atoms with Gasteiger partial charge in [0.2, 0.25) is 10.0 Å². The Morgan fingerprint density at radius 2 is 1.70 bits per heavy atom. The summed E-state index contributed by atoms with van der Waals surface area (Å²) in [5.74, 6) is -2.13. The van der Waals surface area contributed by atoms with E-state index >= 15 is 0 Å². The lowest BCUT2D eigenvalue weighted by Gasteiger charge is -2.34. The summed E-state index contributed by atoms with van der Waals surface area (Å²) in [5, 5.41) is 6.80. The molecule has 1 amide bonds. The van der Waals surface area contributed by atoms with Gasteiger partial charge in [-0.2, -0.15) is 9.40 Å². The summed E-state index contributed by atoms with van der Waals surface area (Å²) >= 11 is 0. The molecule has 0 spiro atoms. The van der Waals surface area contributed by atoms with Crippen LogP contribution in [0.2, 0.25) is 0 Å². The zero-order chi connectivity index (χ0) is 21.3. The normalized spacial score (nSPS) is 15.3. The van der Waals surface area contributed by atoms with Crippen molar-refractivity contribution in [2.75, 3.05) is 26.2 Å². The van der Waals surface area contributed by atoms with Crippen molar-refractivity contribution in [1.82, 2.24) is 19.4 Å². The summed E-state index contributed by atoms with van der Waals surface area (Å²) in [6.07, 6.45) is 1.44. The number of nitrogens with one attached hydrogen (secondary N) is 1. The van der Waals surface area contributed by atoms with Crippen LogP contribution in [0.25, 0.3) is 11.3 Å². The Hall–Kier alpha value is -3.11. The molecule has 2 aromatic carbocycles. The fourth-order valence-corrected chi connectivity index (χ4v) is 4.89. The minimum absolute atomic E-state index is 0.0252. The molecule has 1 aliphatic heterocycles. The standard InChI is InChI=1S/C20H18F2N4O3S/c21-15-6-7-17(22)18(12-15)30(28,29)26-10-8-25(9-11-26)20(27)16-13-23-24-19(16)14-4-2-1-3-5-14/h1-7,12-13H,8-11H2,(H,23,24). The number of aromatic nitrogens is 2. The molecular weight excluding hydrogens is 414 g/mol. The van der Waals surface area contributed by atoms with Crippen LogP contribution in [-0.4, -0.2) is 59.9 Å². The largest absolute Gasteiger partial charge is 0.336 e. The number of carbonyl (C=O) groups excluding carboxylic acids is 1. The van der Waals surface area contributed by atoms with Crippen LogP contribution < -0.4 is 0 Å². The Balaban J connectivity index is 1.50. The maximum Gasteiger partial charge on any atom is 0.257 e. The first-order chi connectivity index (χ1) is 14.4. The summed E-state index contributed by atoms with van der Waals surface area (Å²) in [4.78, 5) is 13.8. The topological polar surface area (TPSA) is 86.4 Å². The zero-order valence-electron chi connectivity index (χ0n) is 15.8. The number of halogens is 2. The van der Waals surface area contributed by atoms with Crippen molar-refractivity contribution in [2.45, 2.75) is 4.90 Å². The maximum atomic E-state index is 14.0. The maximum absolute atomic E-state index is 14.0. The van der Waals surface area contributed by atoms with Crippen molar-refractivity contribution in [3.05, 3.63) is 71.9 Å². The highest BCUT2D eigenvalue weighted by Gasteiger charge is 2.33. The van der Waals surface area contributed by atoms with E-state index in [1.54, 1.807) is 0 Å². The van der Waals surface area contributed by atoms with Gasteiger partial charge in [0, 0.05) is 31.7 Å². The van der Waals surface area contributed by atoms with Gasteiger partial charge >= 0.3 is 0 Å². The molecule has 1 aliphatic rings. The molecule has 1 aromatic heterocycles. The van der Waals surface area contributed by atoms with E-state index in [0.717, 1.165) is 22.0 Å². The smallest absolute Gasteiger partial charge is 0.257 e. The average molecular weight is 432 g/mol. The monoisotopic (exact) mass is 432 g/mol. The number of H-pyrrole nitrogens is 1. The molecular formula is C20H18F2N4O3S. The molecule has 156 valence electrons. The van der Waals surface area contributed by atoms with Crippen molar-refractivity contribution in [3.8, 4) is 11.3 Å². The predicted octanol–water partition coefficient (Wildman–Crippen LogP) is 2.50. The number of hydrogen-bond acceptors (Lipinski definition) is 4. The molecule has 10 heteroatoms. The van der Waals surface area contributed by atoms with E-state index in [0.29, 0.717) is 17.3 Å². The Morgan fingerprint density at radius 1 is 1.00 bits per heavy atom. The fraction of sp³-hybridized carbons (Fsp3) is 0.200. The molecule has 1 fully saturated rings. The second kappa shape index (κ2) is 7.96.